The lowest BCUT2D eigenvalue weighted by molar-refractivity contribution is 0.149. The van der Waals surface area contributed by atoms with E-state index in [-0.39, 0.29) is 23.9 Å². The molecule has 0 aliphatic carbocycles. The van der Waals surface area contributed by atoms with Gasteiger partial charge in [-0.15, -0.1) is 0 Å². The van der Waals surface area contributed by atoms with Gasteiger partial charge in [-0.25, -0.2) is 13.4 Å². The van der Waals surface area contributed by atoms with Crippen LogP contribution in [0.1, 0.15) is 35.6 Å². The third-order valence-corrected chi connectivity index (χ3v) is 7.46. The molecule has 0 amide bonds. The molecule has 0 spiro atoms. The summed E-state index contributed by atoms with van der Waals surface area (Å²) in [4.78, 5) is 4.57. The molecule has 2 aromatic heterocycles. The maximum atomic E-state index is 11.6. The van der Waals surface area contributed by atoms with Crippen molar-refractivity contribution in [2.75, 3.05) is 24.7 Å². The molecule has 3 heterocycles. The Hall–Kier alpha value is -4.20. The zero-order chi connectivity index (χ0) is 27.4. The summed E-state index contributed by atoms with van der Waals surface area (Å²) in [6.45, 7) is 3.46. The number of ether oxygens (including phenoxy) is 1. The quantitative estimate of drug-likeness (QED) is 0.324. The van der Waals surface area contributed by atoms with Gasteiger partial charge in [0.25, 0.3) is 0 Å². The van der Waals surface area contributed by atoms with E-state index in [1.54, 1.807) is 18.6 Å². The summed E-state index contributed by atoms with van der Waals surface area (Å²) >= 11 is 0. The summed E-state index contributed by atoms with van der Waals surface area (Å²) in [6.07, 6.45) is 6.01. The molecule has 3 atom stereocenters. The first kappa shape index (κ1) is 26.4. The van der Waals surface area contributed by atoms with Crippen LogP contribution in [0.5, 0.6) is 5.88 Å². The van der Waals surface area contributed by atoms with Gasteiger partial charge >= 0.3 is 0 Å². The Balaban J connectivity index is 1.31. The van der Waals surface area contributed by atoms with E-state index >= 15 is 0 Å². The smallest absolute Gasteiger partial charge is 0.237 e. The van der Waals surface area contributed by atoms with E-state index in [1.165, 1.54) is 10.9 Å². The topological polar surface area (TPSA) is 122 Å². The van der Waals surface area contributed by atoms with E-state index in [2.05, 4.69) is 45.8 Å². The zero-order valence-electron chi connectivity index (χ0n) is 21.8. The van der Waals surface area contributed by atoms with Crippen LogP contribution in [0.2, 0.25) is 0 Å². The number of aromatic nitrogens is 3. The lowest BCUT2D eigenvalue weighted by atomic mass is 9.96. The summed E-state index contributed by atoms with van der Waals surface area (Å²) < 4.78 is 31.0. The number of hydrogen-bond donors (Lipinski definition) is 2. The predicted octanol–water partition coefficient (Wildman–Crippen LogP) is 4.13. The molecule has 0 saturated heterocycles. The fourth-order valence-corrected chi connectivity index (χ4v) is 5.29. The highest BCUT2D eigenvalue weighted by Gasteiger charge is 2.30. The van der Waals surface area contributed by atoms with Gasteiger partial charge in [-0.1, -0.05) is 49.4 Å². The minimum Gasteiger partial charge on any atom is -0.469 e. The van der Waals surface area contributed by atoms with Crippen molar-refractivity contribution in [2.45, 2.75) is 30.9 Å². The second kappa shape index (κ2) is 11.3. The third kappa shape index (κ3) is 6.45. The van der Waals surface area contributed by atoms with Gasteiger partial charge in [0.05, 0.1) is 36.1 Å². The number of rotatable bonds is 9. The fraction of sp³-hybridized carbons (Fsp3) is 0.276. The number of sulfone groups is 1. The van der Waals surface area contributed by atoms with E-state index < -0.39 is 9.84 Å². The summed E-state index contributed by atoms with van der Waals surface area (Å²) in [5.74, 6) is 0.574. The molecule has 1 aliphatic heterocycles. The number of pyridine rings is 1. The van der Waals surface area contributed by atoms with Gasteiger partial charge in [-0.2, -0.15) is 10.4 Å². The number of hydrogen-bond acceptors (Lipinski definition) is 8. The van der Waals surface area contributed by atoms with Gasteiger partial charge in [0.15, 0.2) is 9.84 Å². The number of nitrogens with zero attached hydrogens (tertiary/aromatic N) is 4. The highest BCUT2D eigenvalue weighted by atomic mass is 32.2. The first-order valence-electron chi connectivity index (χ1n) is 12.7. The molecule has 0 bridgehead atoms. The van der Waals surface area contributed by atoms with Gasteiger partial charge in [0.2, 0.25) is 5.88 Å². The highest BCUT2D eigenvalue weighted by molar-refractivity contribution is 7.89. The van der Waals surface area contributed by atoms with E-state index in [9.17, 15) is 8.42 Å². The van der Waals surface area contributed by atoms with Crippen molar-refractivity contribution in [3.05, 3.63) is 95.9 Å². The van der Waals surface area contributed by atoms with Crippen LogP contribution in [0.25, 0.3) is 11.1 Å². The molecule has 9 nitrogen and oxygen atoms in total. The minimum atomic E-state index is -3.19. The number of fused-ring (bicyclic) bond motifs is 1. The third-order valence-electron chi connectivity index (χ3n) is 6.72. The van der Waals surface area contributed by atoms with Crippen molar-refractivity contribution in [2.24, 2.45) is 0 Å². The van der Waals surface area contributed by atoms with Crippen molar-refractivity contribution in [3.8, 4) is 23.1 Å². The van der Waals surface area contributed by atoms with Gasteiger partial charge in [-0.3, -0.25) is 4.68 Å². The Morgan fingerprint density at radius 1 is 1.13 bits per heavy atom. The summed E-state index contributed by atoms with van der Waals surface area (Å²) in [5.41, 5.74) is 5.30. The van der Waals surface area contributed by atoms with Gasteiger partial charge in [-0.05, 0) is 35.2 Å². The molecule has 5 rings (SSSR count). The fourth-order valence-electron chi connectivity index (χ4n) is 4.67. The lowest BCUT2D eigenvalue weighted by Gasteiger charge is -2.34. The molecule has 1 aliphatic rings. The van der Waals surface area contributed by atoms with Crippen molar-refractivity contribution < 1.29 is 13.2 Å². The average Bonchev–Trinajstić information content (AvgIpc) is 3.40. The van der Waals surface area contributed by atoms with Crippen molar-refractivity contribution in [3.63, 3.8) is 0 Å². The Kier molecular flexibility index (Phi) is 7.63. The monoisotopic (exact) mass is 542 g/mol. The van der Waals surface area contributed by atoms with Gasteiger partial charge in [0.1, 0.15) is 12.0 Å². The summed E-state index contributed by atoms with van der Waals surface area (Å²) in [6, 6.07) is 22.0. The Labute approximate surface area is 228 Å². The van der Waals surface area contributed by atoms with Crippen LogP contribution < -0.4 is 15.4 Å². The standard InChI is InChI=1S/C29H30N6O3S/c1-20(22-10-8-21(13-30)9-11-22)14-32-28(23-6-4-3-5-7-23)27-17-31-26-12-24(15-33-29(26)38-27)25-16-34-35(18-25)19-39(2,36)37/h3-12,15-16,18,20,27-28,31-32H,14,17,19H2,1-2H3/t20-,27-,28+/m0/s1. The highest BCUT2D eigenvalue weighted by Crippen LogP contribution is 2.34. The molecule has 0 fully saturated rings. The van der Waals surface area contributed by atoms with Crippen LogP contribution in [-0.2, 0) is 15.7 Å². The molecule has 200 valence electrons. The Morgan fingerprint density at radius 3 is 2.62 bits per heavy atom. The molecule has 4 aromatic rings. The van der Waals surface area contributed by atoms with Crippen molar-refractivity contribution in [1.29, 1.82) is 5.26 Å². The normalized spacial score (nSPS) is 16.3. The average molecular weight is 543 g/mol. The summed E-state index contributed by atoms with van der Waals surface area (Å²) in [5, 5.41) is 20.4. The van der Waals surface area contributed by atoms with Crippen LogP contribution in [0.3, 0.4) is 0 Å². The molecule has 10 heteroatoms. The molecule has 2 N–H and O–H groups in total. The van der Waals surface area contributed by atoms with Gasteiger partial charge < -0.3 is 15.4 Å². The molecule has 0 saturated carbocycles. The zero-order valence-corrected chi connectivity index (χ0v) is 22.6. The van der Waals surface area contributed by atoms with Crippen LogP contribution in [-0.4, -0.2) is 48.6 Å². The second-order valence-electron chi connectivity index (χ2n) is 9.87. The first-order valence-corrected chi connectivity index (χ1v) is 14.7. The largest absolute Gasteiger partial charge is 0.469 e. The number of anilines is 1. The predicted molar refractivity (Wildman–Crippen MR) is 150 cm³/mol. The molecule has 2 aromatic carbocycles. The van der Waals surface area contributed by atoms with E-state index in [4.69, 9.17) is 10.00 Å². The van der Waals surface area contributed by atoms with Crippen molar-refractivity contribution in [1.82, 2.24) is 20.1 Å². The summed E-state index contributed by atoms with van der Waals surface area (Å²) in [7, 11) is -3.19. The van der Waals surface area contributed by atoms with Gasteiger partial charge in [0, 0.05) is 36.3 Å². The van der Waals surface area contributed by atoms with Crippen LogP contribution >= 0.6 is 0 Å². The first-order chi connectivity index (χ1) is 18.8. The SMILES string of the molecule is C[C@@H](CN[C@H](c1ccccc1)[C@@H]1CNc2cc(-c3cnn(CS(C)(=O)=O)c3)cnc2O1)c1ccc(C#N)cc1. The van der Waals surface area contributed by atoms with Crippen LogP contribution in [0.15, 0.2) is 79.3 Å². The second-order valence-corrected chi connectivity index (χ2v) is 12.0. The van der Waals surface area contributed by atoms with Crippen LogP contribution in [0.4, 0.5) is 5.69 Å². The maximum absolute atomic E-state index is 11.6. The van der Waals surface area contributed by atoms with E-state index in [0.29, 0.717) is 18.0 Å². The maximum Gasteiger partial charge on any atom is 0.237 e. The molecule has 0 radical (unpaired) electrons. The molecular formula is C29H30N6O3S. The molecule has 0 unspecified atom stereocenters. The number of nitriles is 1. The minimum absolute atomic E-state index is 0.0802. The van der Waals surface area contributed by atoms with Crippen molar-refractivity contribution >= 4 is 15.5 Å². The van der Waals surface area contributed by atoms with E-state index in [1.807, 2.05) is 48.5 Å². The van der Waals surface area contributed by atoms with E-state index in [0.717, 1.165) is 34.5 Å². The Bertz CT molecular complexity index is 1580. The Morgan fingerprint density at radius 2 is 1.90 bits per heavy atom. The lowest BCUT2D eigenvalue weighted by Crippen LogP contribution is -2.43. The number of benzene rings is 2. The molecule has 39 heavy (non-hydrogen) atoms. The molecular weight excluding hydrogens is 512 g/mol. The number of nitrogens with one attached hydrogen (secondary N) is 2. The van der Waals surface area contributed by atoms with Crippen LogP contribution in [0, 0.1) is 11.3 Å².